The predicted octanol–water partition coefficient (Wildman–Crippen LogP) is -1.30. The van der Waals surface area contributed by atoms with Gasteiger partial charge in [0.1, 0.15) is 24.9 Å². The van der Waals surface area contributed by atoms with Gasteiger partial charge in [0.05, 0.1) is 0 Å². The summed E-state index contributed by atoms with van der Waals surface area (Å²) in [6, 6.07) is -1.57. The molecule has 1 aliphatic heterocycles. The highest BCUT2D eigenvalue weighted by atomic mass is 16.7. The number of hydrogen-bond acceptors (Lipinski definition) is 19. The minimum Gasteiger partial charge on any atom is -0.463 e. The van der Waals surface area contributed by atoms with Gasteiger partial charge in [-0.1, -0.05) is 0 Å². The molecule has 2 fully saturated rings. The fourth-order valence-corrected chi connectivity index (χ4v) is 5.47. The number of amides is 1. The number of hydrogen-bond donors (Lipinski definition) is 1. The monoisotopic (exact) mass is 719 g/mol. The van der Waals surface area contributed by atoms with Crippen molar-refractivity contribution >= 4 is 53.7 Å². The highest BCUT2D eigenvalue weighted by Gasteiger charge is 2.62. The fourth-order valence-electron chi connectivity index (χ4n) is 5.47. The van der Waals surface area contributed by atoms with E-state index in [2.05, 4.69) is 5.32 Å². The van der Waals surface area contributed by atoms with E-state index >= 15 is 0 Å². The lowest BCUT2D eigenvalue weighted by Gasteiger charge is -2.50. The topological polar surface area (TPSA) is 258 Å². The van der Waals surface area contributed by atoms with Gasteiger partial charge in [-0.25, -0.2) is 0 Å². The molecule has 0 bridgehead atoms. The van der Waals surface area contributed by atoms with Crippen LogP contribution in [0.25, 0.3) is 0 Å². The van der Waals surface area contributed by atoms with Crippen LogP contribution in [0, 0.1) is 0 Å². The molecule has 1 heterocycles. The maximum Gasteiger partial charge on any atom is 0.303 e. The molecule has 0 radical (unpaired) electrons. The normalized spacial score (nSPS) is 30.3. The highest BCUT2D eigenvalue weighted by Crippen LogP contribution is 2.37. The molecule has 2 rings (SSSR count). The van der Waals surface area contributed by atoms with Crippen LogP contribution >= 0.6 is 0 Å². The number of ether oxygens (including phenoxy) is 10. The standard InChI is InChI=1S/C30H41NO19/c1-11(32)31-21-23(43-14(4)35)22(42-13(3)34)20(10-41-12(2)33)49-30(21)50-29-27(47-18(8)39)25(45-16(6)37)24(44-15(5)36)26(46-17(7)38)28(29)48-19(9)40/h20-30H,10H2,1-9H3,(H,31,32)/t20-,21-,22+,23-,24?,25+,26+,27-,28+,29?,30+/m1/s1. The van der Waals surface area contributed by atoms with Crippen LogP contribution in [0.2, 0.25) is 0 Å². The van der Waals surface area contributed by atoms with Gasteiger partial charge in [0.15, 0.2) is 49.0 Å². The summed E-state index contributed by atoms with van der Waals surface area (Å²) in [5, 5.41) is 2.48. The van der Waals surface area contributed by atoms with E-state index in [1.54, 1.807) is 0 Å². The van der Waals surface area contributed by atoms with E-state index in [0.29, 0.717) is 0 Å². The molecule has 0 spiro atoms. The first-order chi connectivity index (χ1) is 23.2. The van der Waals surface area contributed by atoms with Crippen molar-refractivity contribution in [3.8, 4) is 0 Å². The van der Waals surface area contributed by atoms with Crippen molar-refractivity contribution in [2.24, 2.45) is 0 Å². The summed E-state index contributed by atoms with van der Waals surface area (Å²) in [4.78, 5) is 111. The van der Waals surface area contributed by atoms with Crippen LogP contribution in [0.5, 0.6) is 0 Å². The smallest absolute Gasteiger partial charge is 0.303 e. The van der Waals surface area contributed by atoms with Gasteiger partial charge >= 0.3 is 47.8 Å². The van der Waals surface area contributed by atoms with Crippen LogP contribution in [0.15, 0.2) is 0 Å². The average molecular weight is 720 g/mol. The van der Waals surface area contributed by atoms with E-state index < -0.39 is 128 Å². The van der Waals surface area contributed by atoms with Gasteiger partial charge in [0.2, 0.25) is 5.91 Å². The van der Waals surface area contributed by atoms with E-state index in [1.165, 1.54) is 0 Å². The first-order valence-electron chi connectivity index (χ1n) is 15.1. The van der Waals surface area contributed by atoms with Crippen LogP contribution in [0.1, 0.15) is 62.3 Å². The number of carbonyl (C=O) groups is 9. The van der Waals surface area contributed by atoms with Gasteiger partial charge in [-0.05, 0) is 0 Å². The van der Waals surface area contributed by atoms with Crippen LogP contribution < -0.4 is 5.32 Å². The van der Waals surface area contributed by atoms with Crippen LogP contribution in [0.4, 0.5) is 0 Å². The molecule has 20 nitrogen and oxygen atoms in total. The summed E-state index contributed by atoms with van der Waals surface area (Å²) in [5.41, 5.74) is 0. The number of nitrogens with one attached hydrogen (secondary N) is 1. The average Bonchev–Trinajstić information content (AvgIpc) is 2.94. The molecule has 1 amide bonds. The molecule has 0 aromatic heterocycles. The van der Waals surface area contributed by atoms with Crippen molar-refractivity contribution in [1.29, 1.82) is 0 Å². The first kappa shape index (κ1) is 41.3. The Labute approximate surface area is 285 Å². The number of carbonyl (C=O) groups excluding carboxylic acids is 9. The maximum atomic E-state index is 12.5. The SMILES string of the molecule is CC(=O)N[C@H]1[C@H](OC2[C@@H](OC(C)=O)[C@@H](OC(C)=O)C(OC(C)=O)[C@H](OC(C)=O)[C@H]2OC(C)=O)O[C@H](COC(C)=O)[C@H](OC(C)=O)[C@@H]1OC(C)=O. The molecular weight excluding hydrogens is 678 g/mol. The zero-order valence-corrected chi connectivity index (χ0v) is 28.8. The fraction of sp³-hybridized carbons (Fsp3) is 0.700. The Hall–Kier alpha value is -4.85. The maximum absolute atomic E-state index is 12.5. The third-order valence-electron chi connectivity index (χ3n) is 6.82. The van der Waals surface area contributed by atoms with Crippen molar-refractivity contribution in [2.45, 2.75) is 130 Å². The minimum absolute atomic E-state index is 0.621. The molecule has 280 valence electrons. The molecule has 1 saturated heterocycles. The molecule has 1 N–H and O–H groups in total. The third-order valence-corrected chi connectivity index (χ3v) is 6.82. The van der Waals surface area contributed by atoms with Crippen LogP contribution in [-0.2, 0) is 90.5 Å². The van der Waals surface area contributed by atoms with E-state index in [1.807, 2.05) is 0 Å². The second-order valence-corrected chi connectivity index (χ2v) is 11.2. The Kier molecular flexibility index (Phi) is 15.1. The van der Waals surface area contributed by atoms with Crippen molar-refractivity contribution in [3.63, 3.8) is 0 Å². The summed E-state index contributed by atoms with van der Waals surface area (Å²) < 4.78 is 55.4. The van der Waals surface area contributed by atoms with E-state index in [9.17, 15) is 43.2 Å². The number of rotatable bonds is 12. The van der Waals surface area contributed by atoms with Gasteiger partial charge in [0, 0.05) is 62.3 Å². The van der Waals surface area contributed by atoms with Gasteiger partial charge in [-0.15, -0.1) is 0 Å². The zero-order chi connectivity index (χ0) is 38.0. The first-order valence-corrected chi connectivity index (χ1v) is 15.1. The van der Waals surface area contributed by atoms with Gasteiger partial charge in [-0.3, -0.25) is 43.2 Å². The Morgan fingerprint density at radius 2 is 0.760 bits per heavy atom. The lowest BCUT2D eigenvalue weighted by Crippen LogP contribution is -2.71. The quantitative estimate of drug-likeness (QED) is 0.181. The second-order valence-electron chi connectivity index (χ2n) is 11.2. The summed E-state index contributed by atoms with van der Waals surface area (Å²) >= 11 is 0. The van der Waals surface area contributed by atoms with E-state index in [4.69, 9.17) is 47.4 Å². The highest BCUT2D eigenvalue weighted by molar-refractivity contribution is 5.74. The summed E-state index contributed by atoms with van der Waals surface area (Å²) in [7, 11) is 0. The Morgan fingerprint density at radius 3 is 1.08 bits per heavy atom. The zero-order valence-electron chi connectivity index (χ0n) is 28.8. The molecule has 20 heteroatoms. The molecule has 50 heavy (non-hydrogen) atoms. The summed E-state index contributed by atoms with van der Waals surface area (Å²) in [6.45, 7) is 8.43. The van der Waals surface area contributed by atoms with Crippen LogP contribution in [-0.4, -0.2) is 128 Å². The largest absolute Gasteiger partial charge is 0.463 e. The predicted molar refractivity (Wildman–Crippen MR) is 157 cm³/mol. The van der Waals surface area contributed by atoms with Crippen molar-refractivity contribution in [2.75, 3.05) is 6.61 Å². The molecule has 11 atom stereocenters. The lowest BCUT2D eigenvalue weighted by molar-refractivity contribution is -0.324. The van der Waals surface area contributed by atoms with Gasteiger partial charge in [0.25, 0.3) is 0 Å². The second kappa shape index (κ2) is 18.2. The third kappa shape index (κ3) is 11.9. The van der Waals surface area contributed by atoms with Gasteiger partial charge in [-0.2, -0.15) is 0 Å². The molecule has 1 aliphatic carbocycles. The molecule has 0 aromatic carbocycles. The summed E-state index contributed by atoms with van der Waals surface area (Å²) in [5.74, 6) is -8.28. The Bertz CT molecular complexity index is 1290. The van der Waals surface area contributed by atoms with Crippen molar-refractivity contribution in [3.05, 3.63) is 0 Å². The lowest BCUT2D eigenvalue weighted by atomic mass is 9.83. The van der Waals surface area contributed by atoms with E-state index in [-0.39, 0.29) is 0 Å². The molecule has 0 aromatic rings. The Balaban J connectivity index is 2.89. The number of esters is 8. The molecule has 1 saturated carbocycles. The van der Waals surface area contributed by atoms with E-state index in [0.717, 1.165) is 62.3 Å². The Morgan fingerprint density at radius 1 is 0.440 bits per heavy atom. The van der Waals surface area contributed by atoms with Crippen molar-refractivity contribution in [1.82, 2.24) is 5.32 Å². The van der Waals surface area contributed by atoms with Gasteiger partial charge < -0.3 is 52.7 Å². The molecular formula is C30H41NO19. The molecule has 2 aliphatic rings. The summed E-state index contributed by atoms with van der Waals surface area (Å²) in [6.07, 6.45) is -17.3. The minimum atomic E-state index is -1.86. The molecule has 2 unspecified atom stereocenters. The van der Waals surface area contributed by atoms with Crippen LogP contribution in [0.3, 0.4) is 0 Å². The van der Waals surface area contributed by atoms with Crippen molar-refractivity contribution < 1.29 is 90.5 Å².